The van der Waals surface area contributed by atoms with Crippen LogP contribution in [0.4, 0.5) is 0 Å². The largest absolute Gasteiger partial charge is 0.493 e. The van der Waals surface area contributed by atoms with Gasteiger partial charge in [0.15, 0.2) is 0 Å². The molecule has 0 spiro atoms. The molecule has 1 aliphatic heterocycles. The molecule has 178 valence electrons. The number of aryl methyl sites for hydroxylation is 3. The number of benzene rings is 1. The molecule has 0 radical (unpaired) electrons. The summed E-state index contributed by atoms with van der Waals surface area (Å²) in [5.74, 6) is 1.98. The number of hydrogen-bond donors (Lipinski definition) is 2. The number of rotatable bonds is 9. The zero-order chi connectivity index (χ0) is 23.2. The van der Waals surface area contributed by atoms with E-state index >= 15 is 0 Å². The lowest BCUT2D eigenvalue weighted by Crippen LogP contribution is -2.48. The Kier molecular flexibility index (Phi) is 7.65. The fraction of sp³-hybridized carbons (Fsp3) is 0.560. The van der Waals surface area contributed by atoms with Crippen LogP contribution in [0.2, 0.25) is 0 Å². The van der Waals surface area contributed by atoms with E-state index < -0.39 is 0 Å². The monoisotopic (exact) mass is 453 g/mol. The normalized spacial score (nSPS) is 20.3. The molecule has 1 saturated heterocycles. The van der Waals surface area contributed by atoms with E-state index in [4.69, 9.17) is 4.74 Å². The number of amides is 2. The number of fused-ring (bicyclic) bond motifs is 1. The summed E-state index contributed by atoms with van der Waals surface area (Å²) in [4.78, 5) is 30.7. The van der Waals surface area contributed by atoms with Crippen LogP contribution < -0.4 is 15.4 Å². The molecule has 1 aliphatic carbocycles. The van der Waals surface area contributed by atoms with Crippen LogP contribution in [0.1, 0.15) is 36.7 Å². The van der Waals surface area contributed by atoms with E-state index in [0.717, 1.165) is 31.0 Å². The maximum Gasteiger partial charge on any atom is 0.224 e. The molecule has 2 N–H and O–H groups in total. The van der Waals surface area contributed by atoms with Crippen LogP contribution in [-0.4, -0.2) is 59.1 Å². The molecule has 2 heterocycles. The van der Waals surface area contributed by atoms with Crippen LogP contribution in [-0.2, 0) is 36.0 Å². The predicted molar refractivity (Wildman–Crippen MR) is 126 cm³/mol. The first-order valence-corrected chi connectivity index (χ1v) is 11.9. The van der Waals surface area contributed by atoms with Crippen LogP contribution in [0.3, 0.4) is 0 Å². The Bertz CT molecular complexity index is 973. The van der Waals surface area contributed by atoms with Crippen molar-refractivity contribution in [3.63, 3.8) is 0 Å². The van der Waals surface area contributed by atoms with Gasteiger partial charge in [-0.3, -0.25) is 14.5 Å². The minimum Gasteiger partial charge on any atom is -0.493 e. The van der Waals surface area contributed by atoms with Crippen molar-refractivity contribution >= 4 is 11.8 Å². The van der Waals surface area contributed by atoms with Crippen LogP contribution in [0.25, 0.3) is 0 Å². The lowest BCUT2D eigenvalue weighted by Gasteiger charge is -2.37. The molecule has 2 atom stereocenters. The van der Waals surface area contributed by atoms with Gasteiger partial charge in [0.25, 0.3) is 0 Å². The summed E-state index contributed by atoms with van der Waals surface area (Å²) in [6.45, 7) is 5.20. The number of carbonyl (C=O) groups excluding carboxylic acids is 2. The molecule has 1 aromatic heterocycles. The summed E-state index contributed by atoms with van der Waals surface area (Å²) in [5, 5.41) is 5.70. The summed E-state index contributed by atoms with van der Waals surface area (Å²) in [6, 6.07) is 6.45. The maximum atomic E-state index is 12.9. The first-order chi connectivity index (χ1) is 16.0. The van der Waals surface area contributed by atoms with Gasteiger partial charge >= 0.3 is 0 Å². The molecule has 2 amide bonds. The third-order valence-electron chi connectivity index (χ3n) is 6.62. The molecule has 8 nitrogen and oxygen atoms in total. The molecule has 8 heteroatoms. The quantitative estimate of drug-likeness (QED) is 0.564. The molecule has 0 unspecified atom stereocenters. The number of aromatic nitrogens is 2. The standard InChI is InChI=1S/C25H35N5O3/c1-18(31)26-8-9-28-25(32)22-12-19(14-30(15-22)16-24-27-10-11-29(24)2)17-33-23-7-6-20-4-3-5-21(20)13-23/h6-7,10-11,13,19,22H,3-5,8-9,12,14-17H2,1-2H3,(H,26,31)(H,28,32)/t19-,22+/m0/s1. The SMILES string of the molecule is CC(=O)NCCNC(=O)[C@@H]1C[C@H](COc2ccc3c(c2)CCC3)CN(Cc2nccn2C)C1. The van der Waals surface area contributed by atoms with Crippen LogP contribution >= 0.6 is 0 Å². The third-order valence-corrected chi connectivity index (χ3v) is 6.62. The van der Waals surface area contributed by atoms with Crippen LogP contribution in [0.5, 0.6) is 5.75 Å². The van der Waals surface area contributed by atoms with E-state index in [1.54, 1.807) is 6.20 Å². The summed E-state index contributed by atoms with van der Waals surface area (Å²) in [7, 11) is 1.99. The Labute approximate surface area is 195 Å². The number of hydrogen-bond acceptors (Lipinski definition) is 5. The van der Waals surface area contributed by atoms with Crippen molar-refractivity contribution in [3.8, 4) is 5.75 Å². The van der Waals surface area contributed by atoms with Gasteiger partial charge < -0.3 is 19.9 Å². The number of carbonyl (C=O) groups is 2. The highest BCUT2D eigenvalue weighted by Gasteiger charge is 2.32. The zero-order valence-corrected chi connectivity index (χ0v) is 19.7. The average Bonchev–Trinajstić information content (AvgIpc) is 3.43. The van der Waals surface area contributed by atoms with E-state index in [1.165, 1.54) is 30.9 Å². The van der Waals surface area contributed by atoms with Crippen molar-refractivity contribution in [2.45, 2.75) is 39.2 Å². The Morgan fingerprint density at radius 2 is 1.97 bits per heavy atom. The molecule has 0 bridgehead atoms. The summed E-state index contributed by atoms with van der Waals surface area (Å²) in [6.07, 6.45) is 8.06. The smallest absolute Gasteiger partial charge is 0.224 e. The van der Waals surface area contributed by atoms with Crippen molar-refractivity contribution in [3.05, 3.63) is 47.5 Å². The van der Waals surface area contributed by atoms with Gasteiger partial charge in [-0.1, -0.05) is 6.07 Å². The van der Waals surface area contributed by atoms with Crippen molar-refractivity contribution in [1.29, 1.82) is 0 Å². The van der Waals surface area contributed by atoms with Gasteiger partial charge in [-0.05, 0) is 48.9 Å². The van der Waals surface area contributed by atoms with Crippen molar-refractivity contribution in [2.75, 3.05) is 32.8 Å². The predicted octanol–water partition coefficient (Wildman–Crippen LogP) is 1.68. The van der Waals surface area contributed by atoms with Crippen molar-refractivity contribution < 1.29 is 14.3 Å². The second kappa shape index (κ2) is 10.8. The van der Waals surface area contributed by atoms with Gasteiger partial charge in [-0.2, -0.15) is 0 Å². The highest BCUT2D eigenvalue weighted by molar-refractivity contribution is 5.79. The minimum absolute atomic E-state index is 0.0347. The van der Waals surface area contributed by atoms with Gasteiger partial charge in [0.2, 0.25) is 11.8 Å². The first-order valence-electron chi connectivity index (χ1n) is 11.9. The number of nitrogens with zero attached hydrogens (tertiary/aromatic N) is 3. The van der Waals surface area contributed by atoms with E-state index in [0.29, 0.717) is 32.8 Å². The molecule has 2 aliphatic rings. The van der Waals surface area contributed by atoms with E-state index in [1.807, 2.05) is 17.8 Å². The van der Waals surface area contributed by atoms with Gasteiger partial charge in [0.1, 0.15) is 11.6 Å². The lowest BCUT2D eigenvalue weighted by atomic mass is 9.89. The Morgan fingerprint density at radius 3 is 2.76 bits per heavy atom. The van der Waals surface area contributed by atoms with Gasteiger partial charge in [-0.25, -0.2) is 4.98 Å². The molecule has 2 aromatic rings. The van der Waals surface area contributed by atoms with Gasteiger partial charge in [0.05, 0.1) is 19.1 Å². The van der Waals surface area contributed by atoms with E-state index in [9.17, 15) is 9.59 Å². The molecular formula is C25H35N5O3. The fourth-order valence-corrected chi connectivity index (χ4v) is 4.91. The highest BCUT2D eigenvalue weighted by atomic mass is 16.5. The zero-order valence-electron chi connectivity index (χ0n) is 19.7. The fourth-order valence-electron chi connectivity index (χ4n) is 4.91. The topological polar surface area (TPSA) is 88.5 Å². The molecule has 1 fully saturated rings. The summed E-state index contributed by atoms with van der Waals surface area (Å²) < 4.78 is 8.23. The minimum atomic E-state index is -0.120. The summed E-state index contributed by atoms with van der Waals surface area (Å²) >= 11 is 0. The Morgan fingerprint density at radius 1 is 1.15 bits per heavy atom. The molecule has 33 heavy (non-hydrogen) atoms. The van der Waals surface area contributed by atoms with E-state index in [2.05, 4.69) is 38.7 Å². The molecular weight excluding hydrogens is 418 g/mol. The number of piperidine rings is 1. The van der Waals surface area contributed by atoms with Gasteiger partial charge in [-0.15, -0.1) is 0 Å². The molecule has 4 rings (SSSR count). The summed E-state index contributed by atoms with van der Waals surface area (Å²) in [5.41, 5.74) is 2.85. The number of imidazole rings is 1. The maximum absolute atomic E-state index is 12.9. The van der Waals surface area contributed by atoms with E-state index in [-0.39, 0.29) is 23.7 Å². The average molecular weight is 454 g/mol. The molecule has 0 saturated carbocycles. The molecule has 1 aromatic carbocycles. The number of nitrogens with one attached hydrogen (secondary N) is 2. The number of likely N-dealkylation sites (tertiary alicyclic amines) is 1. The first kappa shape index (κ1) is 23.3. The van der Waals surface area contributed by atoms with Crippen molar-refractivity contribution in [2.24, 2.45) is 18.9 Å². The number of ether oxygens (including phenoxy) is 1. The van der Waals surface area contributed by atoms with Crippen molar-refractivity contribution in [1.82, 2.24) is 25.1 Å². The highest BCUT2D eigenvalue weighted by Crippen LogP contribution is 2.28. The third kappa shape index (κ3) is 6.35. The van der Waals surface area contributed by atoms with Crippen LogP contribution in [0.15, 0.2) is 30.6 Å². The Balaban J connectivity index is 1.37. The van der Waals surface area contributed by atoms with Gasteiger partial charge in [0, 0.05) is 58.5 Å². The second-order valence-electron chi connectivity index (χ2n) is 9.32. The second-order valence-corrected chi connectivity index (χ2v) is 9.32. The van der Waals surface area contributed by atoms with Crippen LogP contribution in [0, 0.1) is 11.8 Å². The lowest BCUT2D eigenvalue weighted by molar-refractivity contribution is -0.128. The Hall–Kier alpha value is -2.87.